The molecule has 0 amide bonds. The number of hydrogen-bond acceptors (Lipinski definition) is 2. The van der Waals surface area contributed by atoms with E-state index in [4.69, 9.17) is 4.42 Å². The zero-order valence-corrected chi connectivity index (χ0v) is 34.0. The number of fused-ring (bicyclic) bond motifs is 2. The van der Waals surface area contributed by atoms with Gasteiger partial charge >= 0.3 is 0 Å². The van der Waals surface area contributed by atoms with Gasteiger partial charge in [-0.3, -0.25) is 0 Å². The molecule has 2 heteroatoms. The highest BCUT2D eigenvalue weighted by Crippen LogP contribution is 2.46. The van der Waals surface area contributed by atoms with Crippen molar-refractivity contribution in [2.24, 2.45) is 0 Å². The molecule has 10 aromatic carbocycles. The van der Waals surface area contributed by atoms with Gasteiger partial charge in [-0.1, -0.05) is 206 Å². The van der Waals surface area contributed by atoms with E-state index in [1.165, 1.54) is 44.3 Å². The molecule has 2 nitrogen and oxygen atoms in total. The third-order valence-corrected chi connectivity index (χ3v) is 11.9. The number of nitrogens with zero attached hydrogens (tertiary/aromatic N) is 1. The van der Waals surface area contributed by atoms with Gasteiger partial charge in [0.25, 0.3) is 0 Å². The van der Waals surface area contributed by atoms with Crippen molar-refractivity contribution in [2.45, 2.75) is 0 Å². The van der Waals surface area contributed by atoms with E-state index >= 15 is 0 Å². The van der Waals surface area contributed by atoms with Crippen LogP contribution in [0.4, 0.5) is 17.1 Å². The summed E-state index contributed by atoms with van der Waals surface area (Å²) in [6.07, 6.45) is 0. The molecule has 0 saturated heterocycles. The van der Waals surface area contributed by atoms with Crippen molar-refractivity contribution in [1.29, 1.82) is 0 Å². The maximum atomic E-state index is 6.31. The minimum Gasteiger partial charge on any atom is -0.456 e. The fraction of sp³-hybridized carbons (Fsp3) is 0. The van der Waals surface area contributed by atoms with Gasteiger partial charge in [-0.25, -0.2) is 0 Å². The molecule has 62 heavy (non-hydrogen) atoms. The van der Waals surface area contributed by atoms with E-state index in [-0.39, 0.29) is 0 Å². The first-order valence-electron chi connectivity index (χ1n) is 21.2. The lowest BCUT2D eigenvalue weighted by molar-refractivity contribution is 0.631. The van der Waals surface area contributed by atoms with E-state index in [0.717, 1.165) is 61.4 Å². The number of rotatable bonds is 9. The molecule has 0 aliphatic carbocycles. The third kappa shape index (κ3) is 7.04. The molecule has 1 heterocycles. The van der Waals surface area contributed by atoms with Crippen molar-refractivity contribution in [3.63, 3.8) is 0 Å². The van der Waals surface area contributed by atoms with E-state index in [1.807, 2.05) is 18.2 Å². The van der Waals surface area contributed by atoms with Gasteiger partial charge in [-0.2, -0.15) is 0 Å². The van der Waals surface area contributed by atoms with Gasteiger partial charge in [0.2, 0.25) is 0 Å². The Hall–Kier alpha value is -8.20. The highest BCUT2D eigenvalue weighted by atomic mass is 16.3. The molecule has 11 aromatic rings. The summed E-state index contributed by atoms with van der Waals surface area (Å²) >= 11 is 0. The maximum Gasteiger partial charge on any atom is 0.135 e. The van der Waals surface area contributed by atoms with Crippen molar-refractivity contribution in [3.05, 3.63) is 249 Å². The summed E-state index contributed by atoms with van der Waals surface area (Å²) in [4.78, 5) is 2.43. The predicted molar refractivity (Wildman–Crippen MR) is 261 cm³/mol. The predicted octanol–water partition coefficient (Wildman–Crippen LogP) is 17.1. The van der Waals surface area contributed by atoms with Crippen molar-refractivity contribution < 1.29 is 4.42 Å². The van der Waals surface area contributed by atoms with Crippen LogP contribution >= 0.6 is 0 Å². The van der Waals surface area contributed by atoms with Crippen LogP contribution in [0.15, 0.2) is 253 Å². The molecule has 0 N–H and O–H groups in total. The molecule has 0 spiro atoms. The number of hydrogen-bond donors (Lipinski definition) is 0. The lowest BCUT2D eigenvalue weighted by atomic mass is 9.94. The fourth-order valence-electron chi connectivity index (χ4n) is 8.78. The van der Waals surface area contributed by atoms with E-state index in [2.05, 4.69) is 235 Å². The molecule has 0 unspecified atom stereocenters. The monoisotopic (exact) mass is 791 g/mol. The summed E-state index contributed by atoms with van der Waals surface area (Å²) in [6, 6.07) is 89.1. The molecule has 0 fully saturated rings. The summed E-state index contributed by atoms with van der Waals surface area (Å²) in [7, 11) is 0. The summed E-state index contributed by atoms with van der Waals surface area (Å²) in [6.45, 7) is 0. The van der Waals surface area contributed by atoms with Gasteiger partial charge in [-0.15, -0.1) is 0 Å². The summed E-state index contributed by atoms with van der Waals surface area (Å²) < 4.78 is 6.31. The second-order valence-electron chi connectivity index (χ2n) is 15.7. The Morgan fingerprint density at radius 1 is 0.274 bits per heavy atom. The van der Waals surface area contributed by atoms with E-state index in [0.29, 0.717) is 0 Å². The zero-order valence-electron chi connectivity index (χ0n) is 34.0. The lowest BCUT2D eigenvalue weighted by Crippen LogP contribution is -2.12. The van der Waals surface area contributed by atoms with Crippen LogP contribution in [0.25, 0.3) is 88.7 Å². The fourth-order valence-corrected chi connectivity index (χ4v) is 8.78. The summed E-state index contributed by atoms with van der Waals surface area (Å²) in [5.74, 6) is 0.865. The van der Waals surface area contributed by atoms with E-state index in [9.17, 15) is 0 Å². The molecule has 0 aliphatic rings. The average molecular weight is 792 g/mol. The number of para-hydroxylation sites is 2. The van der Waals surface area contributed by atoms with E-state index in [1.54, 1.807) is 0 Å². The first-order chi connectivity index (χ1) is 30.7. The second kappa shape index (κ2) is 16.1. The molecule has 0 aliphatic heterocycles. The smallest absolute Gasteiger partial charge is 0.135 e. The Balaban J connectivity index is 1.03. The molecule has 11 rings (SSSR count). The largest absolute Gasteiger partial charge is 0.456 e. The maximum absolute atomic E-state index is 6.31. The Morgan fingerprint density at radius 2 is 0.774 bits per heavy atom. The summed E-state index contributed by atoms with van der Waals surface area (Å²) in [5.41, 5.74) is 17.0. The highest BCUT2D eigenvalue weighted by Gasteiger charge is 2.21. The van der Waals surface area contributed by atoms with Crippen molar-refractivity contribution in [3.8, 4) is 67.0 Å². The van der Waals surface area contributed by atoms with Crippen molar-refractivity contribution >= 4 is 38.8 Å². The van der Waals surface area contributed by atoms with Gasteiger partial charge < -0.3 is 9.32 Å². The SMILES string of the molecule is c1ccc(-c2ccc(-c3ccc(N(c4ccccc4-c4ccc(-c5ccccc5)cc4)c4ccc(-c5cccc(-c6cc7ccccc7o6)c5)c5ccccc45)cc3)cc2)cc1. The quantitative estimate of drug-likeness (QED) is 0.145. The summed E-state index contributed by atoms with van der Waals surface area (Å²) in [5, 5.41) is 3.44. The third-order valence-electron chi connectivity index (χ3n) is 11.9. The standard InChI is InChI=1S/C60H41NO/c1-3-14-42(15-4-1)44-26-28-46(29-27-44)47-34-36-52(37-35-47)61(57-24-11-10-21-54(57)48-32-30-45(31-33-48)43-16-5-2-6-17-43)58-39-38-53(55-22-8-9-23-56(55)58)49-19-13-20-50(40-49)60-41-51-18-7-12-25-59(51)62-60/h1-41H. The molecule has 0 saturated carbocycles. The van der Waals surface area contributed by atoms with Gasteiger partial charge in [0.15, 0.2) is 0 Å². The highest BCUT2D eigenvalue weighted by molar-refractivity contribution is 6.07. The molecular formula is C60H41NO. The normalized spacial score (nSPS) is 11.2. The van der Waals surface area contributed by atoms with Crippen molar-refractivity contribution in [2.75, 3.05) is 4.90 Å². The molecule has 292 valence electrons. The second-order valence-corrected chi connectivity index (χ2v) is 15.7. The number of furan rings is 1. The van der Waals surface area contributed by atoms with Crippen LogP contribution in [0.1, 0.15) is 0 Å². The zero-order chi connectivity index (χ0) is 41.2. The number of benzene rings is 10. The van der Waals surface area contributed by atoms with Gasteiger partial charge in [0, 0.05) is 27.6 Å². The van der Waals surface area contributed by atoms with Gasteiger partial charge in [0.05, 0.1) is 11.4 Å². The Labute approximate surface area is 362 Å². The minimum atomic E-state index is 0.865. The molecule has 1 aromatic heterocycles. The Kier molecular flexibility index (Phi) is 9.57. The van der Waals surface area contributed by atoms with E-state index < -0.39 is 0 Å². The lowest BCUT2D eigenvalue weighted by Gasteiger charge is -2.29. The van der Waals surface area contributed by atoms with Crippen LogP contribution in [0.5, 0.6) is 0 Å². The van der Waals surface area contributed by atoms with Crippen LogP contribution < -0.4 is 4.90 Å². The molecule has 0 radical (unpaired) electrons. The van der Waals surface area contributed by atoms with Gasteiger partial charge in [-0.05, 0) is 97.9 Å². The minimum absolute atomic E-state index is 0.865. The molecule has 0 bridgehead atoms. The first-order valence-corrected chi connectivity index (χ1v) is 21.2. The van der Waals surface area contributed by atoms with Gasteiger partial charge in [0.1, 0.15) is 11.3 Å². The van der Waals surface area contributed by atoms with Crippen LogP contribution in [0, 0.1) is 0 Å². The number of anilines is 3. The van der Waals surface area contributed by atoms with Crippen LogP contribution in [0.2, 0.25) is 0 Å². The first kappa shape index (κ1) is 36.8. The van der Waals surface area contributed by atoms with Crippen LogP contribution in [-0.2, 0) is 0 Å². The van der Waals surface area contributed by atoms with Crippen molar-refractivity contribution in [1.82, 2.24) is 0 Å². The van der Waals surface area contributed by atoms with Crippen LogP contribution in [0.3, 0.4) is 0 Å². The molecule has 0 atom stereocenters. The Morgan fingerprint density at radius 3 is 1.44 bits per heavy atom. The topological polar surface area (TPSA) is 16.4 Å². The average Bonchev–Trinajstić information content (AvgIpc) is 3.80. The Bertz CT molecular complexity index is 3280. The van der Waals surface area contributed by atoms with Crippen LogP contribution in [-0.4, -0.2) is 0 Å². The molecular weight excluding hydrogens is 751 g/mol.